The predicted octanol–water partition coefficient (Wildman–Crippen LogP) is 3.19. The summed E-state index contributed by atoms with van der Waals surface area (Å²) in [5, 5.41) is 10.9. The molecule has 0 fully saturated rings. The van der Waals surface area contributed by atoms with Gasteiger partial charge in [-0.15, -0.1) is 0 Å². The Morgan fingerprint density at radius 1 is 1.17 bits per heavy atom. The summed E-state index contributed by atoms with van der Waals surface area (Å²) >= 11 is 0. The van der Waals surface area contributed by atoms with Gasteiger partial charge in [-0.3, -0.25) is 4.68 Å². The minimum atomic E-state index is 0.510. The summed E-state index contributed by atoms with van der Waals surface area (Å²) in [5.74, 6) is 1.67. The Hall–Kier alpha value is -3.06. The monoisotopic (exact) mass is 395 g/mol. The predicted molar refractivity (Wildman–Crippen MR) is 114 cm³/mol. The van der Waals surface area contributed by atoms with Crippen LogP contribution in [0.5, 0.6) is 0 Å². The van der Waals surface area contributed by atoms with Gasteiger partial charge in [0.2, 0.25) is 0 Å². The van der Waals surface area contributed by atoms with Crippen LogP contribution >= 0.6 is 0 Å². The molecule has 0 bridgehead atoms. The van der Waals surface area contributed by atoms with E-state index in [1.165, 1.54) is 11.1 Å². The van der Waals surface area contributed by atoms with Crippen molar-refractivity contribution in [1.82, 2.24) is 20.4 Å². The van der Waals surface area contributed by atoms with Crippen LogP contribution in [0.2, 0.25) is 0 Å². The molecule has 7 nitrogen and oxygen atoms in total. The highest BCUT2D eigenvalue weighted by atomic mass is 16.5. The van der Waals surface area contributed by atoms with Crippen molar-refractivity contribution in [3.8, 4) is 0 Å². The molecule has 154 valence electrons. The van der Waals surface area contributed by atoms with E-state index in [0.717, 1.165) is 37.8 Å². The number of hydrogen-bond acceptors (Lipinski definition) is 4. The summed E-state index contributed by atoms with van der Waals surface area (Å²) in [5.41, 5.74) is 2.39. The lowest BCUT2D eigenvalue weighted by Crippen LogP contribution is -2.38. The average Bonchev–Trinajstić information content (AvgIpc) is 3.43. The van der Waals surface area contributed by atoms with Gasteiger partial charge in [0, 0.05) is 32.1 Å². The van der Waals surface area contributed by atoms with Crippen LogP contribution < -0.4 is 10.6 Å². The van der Waals surface area contributed by atoms with Crippen LogP contribution in [0.4, 0.5) is 0 Å². The van der Waals surface area contributed by atoms with Gasteiger partial charge < -0.3 is 19.8 Å². The van der Waals surface area contributed by atoms with Crippen LogP contribution in [0.25, 0.3) is 0 Å². The number of nitrogens with one attached hydrogen (secondary N) is 2. The Kier molecular flexibility index (Phi) is 8.34. The molecule has 2 N–H and O–H groups in total. The van der Waals surface area contributed by atoms with Gasteiger partial charge in [0.25, 0.3) is 0 Å². The minimum absolute atomic E-state index is 0.510. The first kappa shape index (κ1) is 20.7. The molecular formula is C22H29N5O2. The van der Waals surface area contributed by atoms with Crippen molar-refractivity contribution >= 4 is 5.96 Å². The zero-order valence-electron chi connectivity index (χ0n) is 16.9. The third kappa shape index (κ3) is 7.46. The molecule has 0 saturated heterocycles. The van der Waals surface area contributed by atoms with Gasteiger partial charge in [-0.25, -0.2) is 4.99 Å². The number of benzene rings is 1. The van der Waals surface area contributed by atoms with Gasteiger partial charge >= 0.3 is 0 Å². The molecule has 2 aromatic heterocycles. The summed E-state index contributed by atoms with van der Waals surface area (Å²) in [6, 6.07) is 14.2. The van der Waals surface area contributed by atoms with Crippen LogP contribution in [-0.4, -0.2) is 35.4 Å². The van der Waals surface area contributed by atoms with E-state index in [2.05, 4.69) is 46.9 Å². The van der Waals surface area contributed by atoms with Crippen LogP contribution in [0, 0.1) is 0 Å². The number of guanidine groups is 1. The zero-order valence-corrected chi connectivity index (χ0v) is 16.9. The first-order valence-electron chi connectivity index (χ1n) is 10.0. The smallest absolute Gasteiger partial charge is 0.191 e. The molecular weight excluding hydrogens is 366 g/mol. The lowest BCUT2D eigenvalue weighted by molar-refractivity contribution is 0.105. The Bertz CT molecular complexity index is 844. The zero-order chi connectivity index (χ0) is 20.2. The topological polar surface area (TPSA) is 76.6 Å². The van der Waals surface area contributed by atoms with E-state index in [1.807, 2.05) is 29.1 Å². The summed E-state index contributed by atoms with van der Waals surface area (Å²) in [4.78, 5) is 4.70. The maximum Gasteiger partial charge on any atom is 0.191 e. The summed E-state index contributed by atoms with van der Waals surface area (Å²) in [6.07, 6.45) is 6.32. The standard InChI is InChI=1S/C22H29N5O2/c1-2-23-22(24-10-6-13-28-18-21-9-4-14-29-21)25-16-19-7-3-8-20(15-19)17-27-12-5-11-26-27/h3-5,7-9,11-12,14-15H,2,6,10,13,16-18H2,1H3,(H2,23,24,25). The van der Waals surface area contributed by atoms with Gasteiger partial charge in [-0.2, -0.15) is 5.10 Å². The minimum Gasteiger partial charge on any atom is -0.467 e. The van der Waals surface area contributed by atoms with Crippen LogP contribution in [0.3, 0.4) is 0 Å². The summed E-state index contributed by atoms with van der Waals surface area (Å²) < 4.78 is 12.8. The van der Waals surface area contributed by atoms with E-state index >= 15 is 0 Å². The van der Waals surface area contributed by atoms with Gasteiger partial charge in [-0.1, -0.05) is 24.3 Å². The van der Waals surface area contributed by atoms with Crippen molar-refractivity contribution in [3.63, 3.8) is 0 Å². The molecule has 0 amide bonds. The normalized spacial score (nSPS) is 11.6. The number of ether oxygens (including phenoxy) is 1. The Balaban J connectivity index is 1.42. The van der Waals surface area contributed by atoms with E-state index in [9.17, 15) is 0 Å². The van der Waals surface area contributed by atoms with Crippen molar-refractivity contribution in [2.75, 3.05) is 19.7 Å². The Labute approximate surface area is 171 Å². The summed E-state index contributed by atoms with van der Waals surface area (Å²) in [7, 11) is 0. The summed E-state index contributed by atoms with van der Waals surface area (Å²) in [6.45, 7) is 6.24. The van der Waals surface area contributed by atoms with E-state index in [0.29, 0.717) is 19.8 Å². The van der Waals surface area contributed by atoms with Gasteiger partial charge in [0.15, 0.2) is 5.96 Å². The fourth-order valence-corrected chi connectivity index (χ4v) is 2.87. The maximum atomic E-state index is 5.60. The number of aliphatic imine (C=N–C) groups is 1. The van der Waals surface area contributed by atoms with Gasteiger partial charge in [-0.05, 0) is 42.7 Å². The molecule has 0 aliphatic rings. The van der Waals surface area contributed by atoms with Crippen molar-refractivity contribution in [2.45, 2.75) is 33.0 Å². The molecule has 2 heterocycles. The van der Waals surface area contributed by atoms with Crippen LogP contribution in [-0.2, 0) is 24.4 Å². The highest BCUT2D eigenvalue weighted by Gasteiger charge is 2.01. The molecule has 0 aliphatic heterocycles. The van der Waals surface area contributed by atoms with Gasteiger partial charge in [0.1, 0.15) is 12.4 Å². The molecule has 0 radical (unpaired) electrons. The average molecular weight is 396 g/mol. The number of hydrogen-bond donors (Lipinski definition) is 2. The highest BCUT2D eigenvalue weighted by molar-refractivity contribution is 5.79. The number of nitrogens with zero attached hydrogens (tertiary/aromatic N) is 3. The SMILES string of the molecule is CCNC(=NCc1cccc(Cn2cccn2)c1)NCCCOCc1ccco1. The first-order chi connectivity index (χ1) is 14.3. The van der Waals surface area contributed by atoms with E-state index < -0.39 is 0 Å². The Morgan fingerprint density at radius 3 is 2.90 bits per heavy atom. The molecule has 29 heavy (non-hydrogen) atoms. The van der Waals surface area contributed by atoms with E-state index in [-0.39, 0.29) is 0 Å². The molecule has 0 atom stereocenters. The first-order valence-corrected chi connectivity index (χ1v) is 10.0. The van der Waals surface area contributed by atoms with Crippen molar-refractivity contribution < 1.29 is 9.15 Å². The second-order valence-electron chi connectivity index (χ2n) is 6.63. The van der Waals surface area contributed by atoms with Crippen molar-refractivity contribution in [2.24, 2.45) is 4.99 Å². The fraction of sp³-hybridized carbons (Fsp3) is 0.364. The lowest BCUT2D eigenvalue weighted by atomic mass is 10.1. The number of rotatable bonds is 11. The maximum absolute atomic E-state index is 5.60. The lowest BCUT2D eigenvalue weighted by Gasteiger charge is -2.11. The second-order valence-corrected chi connectivity index (χ2v) is 6.63. The van der Waals surface area contributed by atoms with Crippen molar-refractivity contribution in [1.29, 1.82) is 0 Å². The van der Waals surface area contributed by atoms with Gasteiger partial charge in [0.05, 0.1) is 19.4 Å². The molecule has 1 aromatic carbocycles. The van der Waals surface area contributed by atoms with E-state index in [4.69, 9.17) is 14.1 Å². The van der Waals surface area contributed by atoms with Crippen LogP contribution in [0.15, 0.2) is 70.5 Å². The van der Waals surface area contributed by atoms with Crippen molar-refractivity contribution in [3.05, 3.63) is 78.0 Å². The quantitative estimate of drug-likeness (QED) is 0.296. The molecule has 7 heteroatoms. The molecule has 0 saturated carbocycles. The largest absolute Gasteiger partial charge is 0.467 e. The molecule has 3 rings (SSSR count). The molecule has 0 unspecified atom stereocenters. The molecule has 0 aliphatic carbocycles. The fourth-order valence-electron chi connectivity index (χ4n) is 2.87. The third-order valence-corrected chi connectivity index (χ3v) is 4.24. The molecule has 0 spiro atoms. The van der Waals surface area contributed by atoms with E-state index in [1.54, 1.807) is 12.5 Å². The Morgan fingerprint density at radius 2 is 2.10 bits per heavy atom. The number of aromatic nitrogens is 2. The second kappa shape index (κ2) is 11.7. The van der Waals surface area contributed by atoms with Crippen LogP contribution in [0.1, 0.15) is 30.2 Å². The number of furan rings is 1. The molecule has 3 aromatic rings. The third-order valence-electron chi connectivity index (χ3n) is 4.24. The highest BCUT2D eigenvalue weighted by Crippen LogP contribution is 2.08.